The minimum absolute atomic E-state index is 0.155. The van der Waals surface area contributed by atoms with Crippen LogP contribution in [0.4, 0.5) is 11.4 Å². The molecule has 0 aliphatic heterocycles. The second-order valence-electron chi connectivity index (χ2n) is 8.22. The highest BCUT2D eigenvalue weighted by atomic mass is 32.2. The van der Waals surface area contributed by atoms with Crippen LogP contribution in [0.2, 0.25) is 0 Å². The van der Waals surface area contributed by atoms with Gasteiger partial charge in [-0.2, -0.15) is 0 Å². The maximum atomic E-state index is 12.5. The van der Waals surface area contributed by atoms with E-state index in [-0.39, 0.29) is 22.2 Å². The van der Waals surface area contributed by atoms with Gasteiger partial charge >= 0.3 is 0 Å². The standard InChI is InChI=1S/C25H27N3O4S/c1-4-25(2,3)27-24(30)19-10-14-20(15-11-19)26-23(29)18-12-16-21(17-13-18)28-33(31,32)22-8-6-5-7-9-22/h5-17,28H,4H2,1-3H3,(H,26,29)(H,27,30). The van der Waals surface area contributed by atoms with Crippen molar-refractivity contribution in [3.05, 3.63) is 90.0 Å². The Morgan fingerprint density at radius 2 is 1.27 bits per heavy atom. The predicted molar refractivity (Wildman–Crippen MR) is 130 cm³/mol. The Morgan fingerprint density at radius 3 is 1.82 bits per heavy atom. The van der Waals surface area contributed by atoms with Crippen LogP contribution in [0.5, 0.6) is 0 Å². The van der Waals surface area contributed by atoms with Gasteiger partial charge in [0.25, 0.3) is 21.8 Å². The fraction of sp³-hybridized carbons (Fsp3) is 0.200. The Kier molecular flexibility index (Phi) is 7.18. The molecule has 0 aliphatic carbocycles. The number of nitrogens with one attached hydrogen (secondary N) is 3. The van der Waals surface area contributed by atoms with E-state index in [1.54, 1.807) is 42.5 Å². The summed E-state index contributed by atoms with van der Waals surface area (Å²) in [6.45, 7) is 5.92. The van der Waals surface area contributed by atoms with Crippen LogP contribution in [0.15, 0.2) is 83.8 Å². The minimum Gasteiger partial charge on any atom is -0.347 e. The Balaban J connectivity index is 1.62. The highest BCUT2D eigenvalue weighted by Gasteiger charge is 2.19. The molecule has 7 nitrogen and oxygen atoms in total. The van der Waals surface area contributed by atoms with Crippen molar-refractivity contribution in [2.75, 3.05) is 10.0 Å². The van der Waals surface area contributed by atoms with Gasteiger partial charge in [0.05, 0.1) is 4.90 Å². The van der Waals surface area contributed by atoms with Crippen molar-refractivity contribution < 1.29 is 18.0 Å². The van der Waals surface area contributed by atoms with Gasteiger partial charge in [0.2, 0.25) is 0 Å². The molecule has 0 saturated carbocycles. The molecule has 0 atom stereocenters. The van der Waals surface area contributed by atoms with Crippen LogP contribution in [-0.4, -0.2) is 25.8 Å². The van der Waals surface area contributed by atoms with Crippen molar-refractivity contribution in [3.8, 4) is 0 Å². The lowest BCUT2D eigenvalue weighted by Gasteiger charge is -2.24. The quantitative estimate of drug-likeness (QED) is 0.450. The monoisotopic (exact) mass is 465 g/mol. The van der Waals surface area contributed by atoms with Crippen LogP contribution in [0.1, 0.15) is 47.9 Å². The summed E-state index contributed by atoms with van der Waals surface area (Å²) < 4.78 is 27.3. The highest BCUT2D eigenvalue weighted by Crippen LogP contribution is 2.18. The molecule has 3 N–H and O–H groups in total. The van der Waals surface area contributed by atoms with E-state index >= 15 is 0 Å². The molecule has 0 spiro atoms. The van der Waals surface area contributed by atoms with E-state index in [2.05, 4.69) is 15.4 Å². The van der Waals surface area contributed by atoms with Crippen LogP contribution in [0.3, 0.4) is 0 Å². The van der Waals surface area contributed by atoms with Crippen LogP contribution in [0, 0.1) is 0 Å². The zero-order valence-electron chi connectivity index (χ0n) is 18.8. The van der Waals surface area contributed by atoms with Crippen LogP contribution in [-0.2, 0) is 10.0 Å². The van der Waals surface area contributed by atoms with Crippen LogP contribution in [0.25, 0.3) is 0 Å². The maximum Gasteiger partial charge on any atom is 0.261 e. The number of amides is 2. The van der Waals surface area contributed by atoms with Crippen molar-refractivity contribution >= 4 is 33.2 Å². The van der Waals surface area contributed by atoms with E-state index < -0.39 is 10.0 Å². The van der Waals surface area contributed by atoms with Crippen molar-refractivity contribution in [1.29, 1.82) is 0 Å². The Labute approximate surface area is 194 Å². The molecule has 172 valence electrons. The molecule has 33 heavy (non-hydrogen) atoms. The number of sulfonamides is 1. The molecule has 0 heterocycles. The molecule has 0 aromatic heterocycles. The SMILES string of the molecule is CCC(C)(C)NC(=O)c1ccc(NC(=O)c2ccc(NS(=O)(=O)c3ccccc3)cc2)cc1. The van der Waals surface area contributed by atoms with E-state index in [0.717, 1.165) is 6.42 Å². The van der Waals surface area contributed by atoms with Gasteiger partial charge in [0, 0.05) is 28.0 Å². The van der Waals surface area contributed by atoms with Gasteiger partial charge in [-0.15, -0.1) is 0 Å². The number of carbonyl (C=O) groups excluding carboxylic acids is 2. The Morgan fingerprint density at radius 1 is 0.758 bits per heavy atom. The summed E-state index contributed by atoms with van der Waals surface area (Å²) in [6.07, 6.45) is 0.805. The third kappa shape index (κ3) is 6.43. The van der Waals surface area contributed by atoms with Crippen molar-refractivity contribution in [2.24, 2.45) is 0 Å². The van der Waals surface area contributed by atoms with Gasteiger partial charge in [-0.3, -0.25) is 14.3 Å². The summed E-state index contributed by atoms with van der Waals surface area (Å²) in [5, 5.41) is 5.73. The van der Waals surface area contributed by atoms with Gasteiger partial charge in [0.1, 0.15) is 0 Å². The first-order chi connectivity index (χ1) is 15.6. The average Bonchev–Trinajstić information content (AvgIpc) is 2.80. The summed E-state index contributed by atoms with van der Waals surface area (Å²) in [5.41, 5.74) is 1.46. The number of carbonyl (C=O) groups is 2. The second-order valence-corrected chi connectivity index (χ2v) is 9.90. The molecule has 3 aromatic rings. The molecular formula is C25H27N3O4S. The number of hydrogen-bond donors (Lipinski definition) is 3. The van der Waals surface area contributed by atoms with Crippen molar-refractivity contribution in [1.82, 2.24) is 5.32 Å². The third-order valence-corrected chi connectivity index (χ3v) is 6.59. The Hall–Kier alpha value is -3.65. The number of hydrogen-bond acceptors (Lipinski definition) is 4. The summed E-state index contributed by atoms with van der Waals surface area (Å²) in [5.74, 6) is -0.523. The molecule has 0 bridgehead atoms. The second kappa shape index (κ2) is 9.87. The largest absolute Gasteiger partial charge is 0.347 e. The summed E-state index contributed by atoms with van der Waals surface area (Å²) >= 11 is 0. The van der Waals surface area contributed by atoms with Crippen molar-refractivity contribution in [2.45, 2.75) is 37.6 Å². The number of benzene rings is 3. The maximum absolute atomic E-state index is 12.5. The molecule has 0 unspecified atom stereocenters. The first-order valence-corrected chi connectivity index (χ1v) is 12.0. The fourth-order valence-electron chi connectivity index (χ4n) is 2.88. The molecular weight excluding hydrogens is 438 g/mol. The summed E-state index contributed by atoms with van der Waals surface area (Å²) in [7, 11) is -3.70. The lowest BCUT2D eigenvalue weighted by Crippen LogP contribution is -2.42. The van der Waals surface area contributed by atoms with Crippen LogP contribution >= 0.6 is 0 Å². The zero-order valence-corrected chi connectivity index (χ0v) is 19.6. The lowest BCUT2D eigenvalue weighted by molar-refractivity contribution is 0.0910. The lowest BCUT2D eigenvalue weighted by atomic mass is 10.0. The molecule has 3 rings (SSSR count). The molecule has 0 aliphatic rings. The molecule has 0 radical (unpaired) electrons. The van der Waals surface area contributed by atoms with E-state index in [1.165, 1.54) is 36.4 Å². The Bertz CT molecular complexity index is 1220. The van der Waals surface area contributed by atoms with E-state index in [9.17, 15) is 18.0 Å². The first-order valence-electron chi connectivity index (χ1n) is 10.5. The van der Waals surface area contributed by atoms with Gasteiger partial charge < -0.3 is 10.6 Å². The predicted octanol–water partition coefficient (Wildman–Crippen LogP) is 4.66. The van der Waals surface area contributed by atoms with E-state index in [1.807, 2.05) is 20.8 Å². The molecule has 8 heteroatoms. The van der Waals surface area contributed by atoms with Gasteiger partial charge in [0.15, 0.2) is 0 Å². The molecule has 0 saturated heterocycles. The summed E-state index contributed by atoms with van der Waals surface area (Å²) in [6, 6.07) is 20.8. The third-order valence-electron chi connectivity index (χ3n) is 5.19. The van der Waals surface area contributed by atoms with Gasteiger partial charge in [-0.1, -0.05) is 25.1 Å². The summed E-state index contributed by atoms with van der Waals surface area (Å²) in [4.78, 5) is 25.1. The topological polar surface area (TPSA) is 104 Å². The highest BCUT2D eigenvalue weighted by molar-refractivity contribution is 7.92. The average molecular weight is 466 g/mol. The van der Waals surface area contributed by atoms with E-state index in [4.69, 9.17) is 0 Å². The zero-order chi connectivity index (χ0) is 24.1. The molecule has 2 amide bonds. The van der Waals surface area contributed by atoms with E-state index in [0.29, 0.717) is 22.5 Å². The fourth-order valence-corrected chi connectivity index (χ4v) is 3.96. The first kappa shape index (κ1) is 24.0. The van der Waals surface area contributed by atoms with Gasteiger partial charge in [-0.05, 0) is 80.9 Å². The molecule has 0 fully saturated rings. The minimum atomic E-state index is -3.70. The number of anilines is 2. The smallest absolute Gasteiger partial charge is 0.261 e. The molecule has 3 aromatic carbocycles. The normalized spacial score (nSPS) is 11.5. The van der Waals surface area contributed by atoms with Gasteiger partial charge in [-0.25, -0.2) is 8.42 Å². The van der Waals surface area contributed by atoms with Crippen molar-refractivity contribution in [3.63, 3.8) is 0 Å². The van der Waals surface area contributed by atoms with Crippen LogP contribution < -0.4 is 15.4 Å². The number of rotatable bonds is 8.